The Morgan fingerprint density at radius 3 is 2.67 bits per heavy atom. The Morgan fingerprint density at radius 1 is 1.40 bits per heavy atom. The highest BCUT2D eigenvalue weighted by Crippen LogP contribution is 2.30. The molecule has 1 amide bonds. The van der Waals surface area contributed by atoms with Crippen LogP contribution in [-0.2, 0) is 14.3 Å². The molecule has 1 saturated carbocycles. The van der Waals surface area contributed by atoms with Crippen molar-refractivity contribution >= 4 is 11.9 Å². The molecule has 0 aromatic heterocycles. The first kappa shape index (κ1) is 12.0. The zero-order valence-electron chi connectivity index (χ0n) is 9.41. The van der Waals surface area contributed by atoms with Crippen LogP contribution in [0.1, 0.15) is 32.6 Å². The number of rotatable bonds is 4. The Morgan fingerprint density at radius 2 is 2.13 bits per heavy atom. The Balaban J connectivity index is 2.21. The van der Waals surface area contributed by atoms with E-state index in [2.05, 4.69) is 17.0 Å². The van der Waals surface area contributed by atoms with Crippen molar-refractivity contribution < 1.29 is 14.3 Å². The highest BCUT2D eigenvalue weighted by Gasteiger charge is 2.29. The van der Waals surface area contributed by atoms with Gasteiger partial charge in [-0.2, -0.15) is 0 Å². The molecule has 0 aromatic rings. The van der Waals surface area contributed by atoms with Crippen molar-refractivity contribution in [2.24, 2.45) is 11.8 Å². The van der Waals surface area contributed by atoms with Gasteiger partial charge in [-0.3, -0.25) is 9.59 Å². The second-order valence-electron chi connectivity index (χ2n) is 4.13. The normalized spacial score (nSPS) is 24.9. The van der Waals surface area contributed by atoms with E-state index in [4.69, 9.17) is 0 Å². The van der Waals surface area contributed by atoms with Crippen molar-refractivity contribution in [1.29, 1.82) is 0 Å². The molecule has 0 bridgehead atoms. The SMILES string of the molecule is COC(=O)CCNC(=O)C1CCCC1C. The van der Waals surface area contributed by atoms with E-state index in [9.17, 15) is 9.59 Å². The van der Waals surface area contributed by atoms with Gasteiger partial charge in [0.2, 0.25) is 5.91 Å². The fraction of sp³-hybridized carbons (Fsp3) is 0.818. The Kier molecular flexibility index (Phi) is 4.59. The number of carbonyl (C=O) groups excluding carboxylic acids is 2. The summed E-state index contributed by atoms with van der Waals surface area (Å²) in [5.41, 5.74) is 0. The molecule has 0 radical (unpaired) electrons. The predicted molar refractivity (Wildman–Crippen MR) is 56.1 cm³/mol. The topological polar surface area (TPSA) is 55.4 Å². The zero-order valence-corrected chi connectivity index (χ0v) is 9.41. The van der Waals surface area contributed by atoms with Crippen LogP contribution in [0.5, 0.6) is 0 Å². The molecule has 1 N–H and O–H groups in total. The van der Waals surface area contributed by atoms with Crippen molar-refractivity contribution in [2.45, 2.75) is 32.6 Å². The van der Waals surface area contributed by atoms with E-state index in [0.29, 0.717) is 12.5 Å². The molecule has 15 heavy (non-hydrogen) atoms. The highest BCUT2D eigenvalue weighted by molar-refractivity contribution is 5.79. The minimum atomic E-state index is -0.283. The molecule has 0 heterocycles. The van der Waals surface area contributed by atoms with E-state index in [1.165, 1.54) is 7.11 Å². The number of methoxy groups -OCH3 is 1. The third-order valence-electron chi connectivity index (χ3n) is 3.05. The molecule has 4 heteroatoms. The summed E-state index contributed by atoms with van der Waals surface area (Å²) in [4.78, 5) is 22.5. The quantitative estimate of drug-likeness (QED) is 0.711. The second kappa shape index (κ2) is 5.73. The van der Waals surface area contributed by atoms with Crippen LogP contribution in [0.2, 0.25) is 0 Å². The number of amides is 1. The Bertz CT molecular complexity index is 240. The van der Waals surface area contributed by atoms with Crippen LogP contribution in [0.4, 0.5) is 0 Å². The van der Waals surface area contributed by atoms with Gasteiger partial charge in [0.05, 0.1) is 13.5 Å². The van der Waals surface area contributed by atoms with Crippen molar-refractivity contribution in [2.75, 3.05) is 13.7 Å². The zero-order chi connectivity index (χ0) is 11.3. The summed E-state index contributed by atoms with van der Waals surface area (Å²) < 4.78 is 4.49. The lowest BCUT2D eigenvalue weighted by atomic mass is 9.97. The van der Waals surface area contributed by atoms with Crippen LogP contribution >= 0.6 is 0 Å². The molecular weight excluding hydrogens is 194 g/mol. The van der Waals surface area contributed by atoms with Crippen molar-refractivity contribution in [1.82, 2.24) is 5.32 Å². The van der Waals surface area contributed by atoms with E-state index in [1.54, 1.807) is 0 Å². The molecule has 2 atom stereocenters. The van der Waals surface area contributed by atoms with Gasteiger partial charge in [-0.1, -0.05) is 13.3 Å². The second-order valence-corrected chi connectivity index (χ2v) is 4.13. The fourth-order valence-electron chi connectivity index (χ4n) is 2.06. The molecule has 2 unspecified atom stereocenters. The molecular formula is C11H19NO3. The number of ether oxygens (including phenoxy) is 1. The van der Waals surface area contributed by atoms with Crippen LogP contribution in [0.25, 0.3) is 0 Å². The summed E-state index contributed by atoms with van der Waals surface area (Å²) in [7, 11) is 1.35. The average Bonchev–Trinajstić information content (AvgIpc) is 2.64. The molecule has 4 nitrogen and oxygen atoms in total. The van der Waals surface area contributed by atoms with E-state index < -0.39 is 0 Å². The molecule has 1 rings (SSSR count). The lowest BCUT2D eigenvalue weighted by molar-refractivity contribution is -0.140. The molecule has 0 spiro atoms. The Labute approximate surface area is 90.4 Å². The van der Waals surface area contributed by atoms with Gasteiger partial charge < -0.3 is 10.1 Å². The highest BCUT2D eigenvalue weighted by atomic mass is 16.5. The summed E-state index contributed by atoms with van der Waals surface area (Å²) in [6, 6.07) is 0. The van der Waals surface area contributed by atoms with Gasteiger partial charge in [0, 0.05) is 12.5 Å². The van der Waals surface area contributed by atoms with Crippen LogP contribution in [0, 0.1) is 11.8 Å². The lowest BCUT2D eigenvalue weighted by Gasteiger charge is -2.14. The van der Waals surface area contributed by atoms with E-state index in [0.717, 1.165) is 19.3 Å². The van der Waals surface area contributed by atoms with Gasteiger partial charge in [-0.15, -0.1) is 0 Å². The molecule has 0 aromatic carbocycles. The number of hydrogen-bond acceptors (Lipinski definition) is 3. The summed E-state index contributed by atoms with van der Waals surface area (Å²) in [6.07, 6.45) is 3.50. The first-order chi connectivity index (χ1) is 7.15. The maximum Gasteiger partial charge on any atom is 0.307 e. The van der Waals surface area contributed by atoms with Crippen molar-refractivity contribution in [3.63, 3.8) is 0 Å². The smallest absolute Gasteiger partial charge is 0.307 e. The van der Waals surface area contributed by atoms with Gasteiger partial charge >= 0.3 is 5.97 Å². The average molecular weight is 213 g/mol. The maximum absolute atomic E-state index is 11.7. The van der Waals surface area contributed by atoms with Gasteiger partial charge in [0.15, 0.2) is 0 Å². The van der Waals surface area contributed by atoms with Crippen LogP contribution in [-0.4, -0.2) is 25.5 Å². The van der Waals surface area contributed by atoms with Crippen molar-refractivity contribution in [3.8, 4) is 0 Å². The van der Waals surface area contributed by atoms with Gasteiger partial charge in [-0.05, 0) is 18.8 Å². The minimum absolute atomic E-state index is 0.0869. The summed E-state index contributed by atoms with van der Waals surface area (Å²) >= 11 is 0. The maximum atomic E-state index is 11.7. The molecule has 1 fully saturated rings. The van der Waals surface area contributed by atoms with Gasteiger partial charge in [0.1, 0.15) is 0 Å². The summed E-state index contributed by atoms with van der Waals surface area (Å²) in [6.45, 7) is 2.49. The fourth-order valence-corrected chi connectivity index (χ4v) is 2.06. The largest absolute Gasteiger partial charge is 0.469 e. The van der Waals surface area contributed by atoms with Crippen LogP contribution in [0.15, 0.2) is 0 Å². The predicted octanol–water partition coefficient (Wildman–Crippen LogP) is 1.10. The molecule has 0 aliphatic heterocycles. The molecule has 1 aliphatic rings. The number of esters is 1. The first-order valence-corrected chi connectivity index (χ1v) is 5.49. The standard InChI is InChI=1S/C11H19NO3/c1-8-4-3-5-9(8)11(14)12-7-6-10(13)15-2/h8-9H,3-7H2,1-2H3,(H,12,14). The molecule has 86 valence electrons. The number of hydrogen-bond donors (Lipinski definition) is 1. The van der Waals surface area contributed by atoms with E-state index in [-0.39, 0.29) is 24.2 Å². The van der Waals surface area contributed by atoms with Gasteiger partial charge in [-0.25, -0.2) is 0 Å². The summed E-state index contributed by atoms with van der Waals surface area (Å²) in [5.74, 6) is 0.421. The molecule has 1 aliphatic carbocycles. The summed E-state index contributed by atoms with van der Waals surface area (Å²) in [5, 5.41) is 2.78. The number of nitrogens with one attached hydrogen (secondary N) is 1. The lowest BCUT2D eigenvalue weighted by Crippen LogP contribution is -2.33. The molecule has 0 saturated heterocycles. The first-order valence-electron chi connectivity index (χ1n) is 5.49. The minimum Gasteiger partial charge on any atom is -0.469 e. The number of carbonyl (C=O) groups is 2. The van der Waals surface area contributed by atoms with Gasteiger partial charge in [0.25, 0.3) is 0 Å². The van der Waals surface area contributed by atoms with Crippen LogP contribution in [0.3, 0.4) is 0 Å². The Hall–Kier alpha value is -1.06. The third kappa shape index (κ3) is 3.53. The van der Waals surface area contributed by atoms with Crippen LogP contribution < -0.4 is 5.32 Å². The van der Waals surface area contributed by atoms with E-state index in [1.807, 2.05) is 0 Å². The monoisotopic (exact) mass is 213 g/mol. The van der Waals surface area contributed by atoms with Crippen molar-refractivity contribution in [3.05, 3.63) is 0 Å². The third-order valence-corrected chi connectivity index (χ3v) is 3.05. The van der Waals surface area contributed by atoms with E-state index >= 15 is 0 Å².